The zero-order valence-corrected chi connectivity index (χ0v) is 18.6. The molecular formula is C25H29N3OS. The molecule has 1 aromatic heterocycles. The third-order valence-electron chi connectivity index (χ3n) is 5.94. The molecule has 3 aromatic rings. The van der Waals surface area contributed by atoms with Gasteiger partial charge in [0.2, 0.25) is 5.91 Å². The monoisotopic (exact) mass is 419 g/mol. The number of hydrogen-bond donors (Lipinski definition) is 0. The molecule has 0 radical (unpaired) electrons. The molecule has 1 amide bonds. The first-order valence-electron chi connectivity index (χ1n) is 10.6. The van der Waals surface area contributed by atoms with E-state index in [-0.39, 0.29) is 11.8 Å². The Bertz CT molecular complexity index is 904. The molecule has 5 heteroatoms. The molecule has 0 aliphatic carbocycles. The highest BCUT2D eigenvalue weighted by Gasteiger charge is 2.25. The number of aryl methyl sites for hydroxylation is 2. The van der Waals surface area contributed by atoms with E-state index >= 15 is 0 Å². The fourth-order valence-electron chi connectivity index (χ4n) is 4.06. The smallest absolute Gasteiger partial charge is 0.223 e. The van der Waals surface area contributed by atoms with Crippen molar-refractivity contribution in [3.63, 3.8) is 0 Å². The van der Waals surface area contributed by atoms with E-state index in [1.165, 1.54) is 21.0 Å². The summed E-state index contributed by atoms with van der Waals surface area (Å²) in [7, 11) is 0. The predicted molar refractivity (Wildman–Crippen MR) is 123 cm³/mol. The summed E-state index contributed by atoms with van der Waals surface area (Å²) in [5.74, 6) is 0.340. The first-order valence-corrected chi connectivity index (χ1v) is 11.4. The molecule has 0 saturated carbocycles. The molecule has 1 saturated heterocycles. The van der Waals surface area contributed by atoms with E-state index in [0.29, 0.717) is 6.42 Å². The Morgan fingerprint density at radius 1 is 0.933 bits per heavy atom. The lowest BCUT2D eigenvalue weighted by atomic mass is 9.88. The van der Waals surface area contributed by atoms with Crippen LogP contribution in [0.3, 0.4) is 0 Å². The van der Waals surface area contributed by atoms with Gasteiger partial charge < -0.3 is 4.90 Å². The number of aromatic nitrogens is 1. The van der Waals surface area contributed by atoms with Crippen molar-refractivity contribution in [2.45, 2.75) is 32.7 Å². The molecule has 0 unspecified atom stereocenters. The van der Waals surface area contributed by atoms with Crippen molar-refractivity contribution in [3.05, 3.63) is 87.4 Å². The molecule has 4 rings (SSSR count). The quantitative estimate of drug-likeness (QED) is 0.585. The second kappa shape index (κ2) is 9.54. The maximum atomic E-state index is 13.2. The highest BCUT2D eigenvalue weighted by molar-refractivity contribution is 7.11. The van der Waals surface area contributed by atoms with E-state index < -0.39 is 0 Å². The number of rotatable bonds is 6. The van der Waals surface area contributed by atoms with Crippen LogP contribution in [0.1, 0.15) is 39.0 Å². The summed E-state index contributed by atoms with van der Waals surface area (Å²) in [6.45, 7) is 8.48. The van der Waals surface area contributed by atoms with Crippen LogP contribution in [-0.2, 0) is 11.3 Å². The summed E-state index contributed by atoms with van der Waals surface area (Å²) in [5.41, 5.74) is 3.53. The molecule has 1 aliphatic heterocycles. The molecule has 0 spiro atoms. The van der Waals surface area contributed by atoms with Gasteiger partial charge in [0.1, 0.15) is 5.01 Å². The average molecular weight is 420 g/mol. The topological polar surface area (TPSA) is 36.4 Å². The number of nitrogens with zero attached hydrogens (tertiary/aromatic N) is 3. The third-order valence-corrected chi connectivity index (χ3v) is 7.00. The molecule has 0 atom stereocenters. The van der Waals surface area contributed by atoms with Gasteiger partial charge in [0.15, 0.2) is 0 Å². The zero-order valence-electron chi connectivity index (χ0n) is 17.8. The Kier molecular flexibility index (Phi) is 6.60. The summed E-state index contributed by atoms with van der Waals surface area (Å²) in [6, 6.07) is 20.8. The molecule has 4 nitrogen and oxygen atoms in total. The number of thiazole rings is 1. The second-order valence-corrected chi connectivity index (χ2v) is 9.27. The van der Waals surface area contributed by atoms with E-state index in [2.05, 4.69) is 72.3 Å². The minimum absolute atomic E-state index is 0.0965. The van der Waals surface area contributed by atoms with Crippen molar-refractivity contribution >= 4 is 17.2 Å². The molecule has 0 bridgehead atoms. The van der Waals surface area contributed by atoms with Crippen molar-refractivity contribution < 1.29 is 4.79 Å². The minimum atomic E-state index is 0.0965. The van der Waals surface area contributed by atoms with Crippen molar-refractivity contribution in [1.82, 2.24) is 14.8 Å². The van der Waals surface area contributed by atoms with Gasteiger partial charge in [-0.15, -0.1) is 11.3 Å². The van der Waals surface area contributed by atoms with E-state index in [0.717, 1.165) is 38.4 Å². The van der Waals surface area contributed by atoms with Crippen molar-refractivity contribution in [1.29, 1.82) is 0 Å². The fraction of sp³-hybridized carbons (Fsp3) is 0.360. The van der Waals surface area contributed by atoms with Gasteiger partial charge in [-0.25, -0.2) is 4.98 Å². The van der Waals surface area contributed by atoms with Gasteiger partial charge in [0.05, 0.1) is 12.2 Å². The van der Waals surface area contributed by atoms with Gasteiger partial charge in [-0.2, -0.15) is 0 Å². The average Bonchev–Trinajstić information content (AvgIpc) is 3.10. The maximum absolute atomic E-state index is 13.2. The lowest BCUT2D eigenvalue weighted by Crippen LogP contribution is -2.48. The highest BCUT2D eigenvalue weighted by Crippen LogP contribution is 2.29. The van der Waals surface area contributed by atoms with Crippen molar-refractivity contribution in [2.24, 2.45) is 0 Å². The predicted octanol–water partition coefficient (Wildman–Crippen LogP) is 4.63. The van der Waals surface area contributed by atoms with E-state index in [1.54, 1.807) is 11.3 Å². The van der Waals surface area contributed by atoms with E-state index in [4.69, 9.17) is 0 Å². The molecule has 30 heavy (non-hydrogen) atoms. The van der Waals surface area contributed by atoms with Crippen molar-refractivity contribution in [2.75, 3.05) is 26.2 Å². The van der Waals surface area contributed by atoms with Crippen LogP contribution in [0.25, 0.3) is 0 Å². The van der Waals surface area contributed by atoms with Crippen LogP contribution in [0.2, 0.25) is 0 Å². The normalized spacial score (nSPS) is 15.0. The molecular weight excluding hydrogens is 390 g/mol. The summed E-state index contributed by atoms with van der Waals surface area (Å²) in [6.07, 6.45) is 0.513. The Hall–Kier alpha value is -2.50. The number of piperazine rings is 1. The Morgan fingerprint density at radius 2 is 1.50 bits per heavy atom. The Morgan fingerprint density at radius 3 is 2.00 bits per heavy atom. The Balaban J connectivity index is 1.38. The minimum Gasteiger partial charge on any atom is -0.340 e. The van der Waals surface area contributed by atoms with Crippen LogP contribution < -0.4 is 0 Å². The summed E-state index contributed by atoms with van der Waals surface area (Å²) in [4.78, 5) is 23.6. The Labute approximate surface area is 183 Å². The van der Waals surface area contributed by atoms with Crippen LogP contribution in [0.5, 0.6) is 0 Å². The lowest BCUT2D eigenvalue weighted by molar-refractivity contribution is -0.133. The standard InChI is InChI=1S/C25H29N3OS/c1-19-20(2)30-24(26-19)18-27-13-15-28(16-14-27)25(29)17-23(21-9-5-3-6-10-21)22-11-7-4-8-12-22/h3-12,23H,13-18H2,1-2H3. The summed E-state index contributed by atoms with van der Waals surface area (Å²) < 4.78 is 0. The van der Waals surface area contributed by atoms with Gasteiger partial charge in [0.25, 0.3) is 0 Å². The molecule has 1 fully saturated rings. The van der Waals surface area contributed by atoms with Crippen LogP contribution in [-0.4, -0.2) is 46.9 Å². The SMILES string of the molecule is Cc1nc(CN2CCN(C(=O)CC(c3ccccc3)c3ccccc3)CC2)sc1C. The van der Waals surface area contributed by atoms with Crippen LogP contribution in [0.15, 0.2) is 60.7 Å². The van der Waals surface area contributed by atoms with Gasteiger partial charge in [-0.1, -0.05) is 60.7 Å². The molecule has 2 heterocycles. The second-order valence-electron chi connectivity index (χ2n) is 7.98. The van der Waals surface area contributed by atoms with E-state index in [1.807, 2.05) is 17.0 Å². The first-order chi connectivity index (χ1) is 14.6. The van der Waals surface area contributed by atoms with Gasteiger partial charge in [-0.05, 0) is 25.0 Å². The van der Waals surface area contributed by atoms with E-state index in [9.17, 15) is 4.79 Å². The highest BCUT2D eigenvalue weighted by atomic mass is 32.1. The van der Waals surface area contributed by atoms with Crippen LogP contribution in [0.4, 0.5) is 0 Å². The molecule has 1 aliphatic rings. The summed E-state index contributed by atoms with van der Waals surface area (Å²) in [5, 5.41) is 1.18. The zero-order chi connectivity index (χ0) is 20.9. The third kappa shape index (κ3) is 4.97. The lowest BCUT2D eigenvalue weighted by Gasteiger charge is -2.35. The van der Waals surface area contributed by atoms with Crippen LogP contribution >= 0.6 is 11.3 Å². The van der Waals surface area contributed by atoms with Gasteiger partial charge in [-0.3, -0.25) is 9.69 Å². The maximum Gasteiger partial charge on any atom is 0.223 e. The molecule has 2 aromatic carbocycles. The van der Waals surface area contributed by atoms with Gasteiger partial charge >= 0.3 is 0 Å². The first kappa shape index (κ1) is 20.8. The molecule has 0 N–H and O–H groups in total. The number of amides is 1. The summed E-state index contributed by atoms with van der Waals surface area (Å²) >= 11 is 1.79. The molecule has 156 valence electrons. The number of hydrogen-bond acceptors (Lipinski definition) is 4. The van der Waals surface area contributed by atoms with Crippen molar-refractivity contribution in [3.8, 4) is 0 Å². The number of carbonyl (C=O) groups excluding carboxylic acids is 1. The fourth-order valence-corrected chi connectivity index (χ4v) is 5.03. The van der Waals surface area contributed by atoms with Crippen LogP contribution in [0, 0.1) is 13.8 Å². The number of carbonyl (C=O) groups is 1. The number of benzene rings is 2. The largest absolute Gasteiger partial charge is 0.340 e. The van der Waals surface area contributed by atoms with Gasteiger partial charge in [0, 0.05) is 43.4 Å².